The molecule has 0 aliphatic rings. The normalized spacial score (nSPS) is 14.4. The molecule has 0 aromatic rings. The van der Waals surface area contributed by atoms with Gasteiger partial charge >= 0.3 is 0 Å². The van der Waals surface area contributed by atoms with Gasteiger partial charge in [-0.15, -0.1) is 0 Å². The quantitative estimate of drug-likeness (QED) is 0.515. The maximum atomic E-state index is 3.83. The van der Waals surface area contributed by atoms with Gasteiger partial charge in [0.25, 0.3) is 0 Å². The highest BCUT2D eigenvalue weighted by atomic mass is 14.0. The minimum absolute atomic E-state index is 0.704. The van der Waals surface area contributed by atoms with E-state index in [0.29, 0.717) is 5.92 Å². The lowest BCUT2D eigenvalue weighted by atomic mass is 10.0. The van der Waals surface area contributed by atoms with Gasteiger partial charge in [-0.1, -0.05) is 57.9 Å². The molecule has 0 amide bonds. The van der Waals surface area contributed by atoms with Crippen molar-refractivity contribution in [2.45, 2.75) is 46.5 Å². The van der Waals surface area contributed by atoms with Crippen LogP contribution in [0, 0.1) is 5.92 Å². The second-order valence-electron chi connectivity index (χ2n) is 3.43. The predicted octanol–water partition coefficient (Wildman–Crippen LogP) is 4.34. The van der Waals surface area contributed by atoms with E-state index < -0.39 is 0 Å². The van der Waals surface area contributed by atoms with E-state index in [1.807, 2.05) is 6.08 Å². The third-order valence-corrected chi connectivity index (χ3v) is 2.22. The van der Waals surface area contributed by atoms with Crippen LogP contribution in [0.3, 0.4) is 0 Å². The molecule has 0 aromatic heterocycles. The summed E-state index contributed by atoms with van der Waals surface area (Å²) in [5.41, 5.74) is 1.42. The zero-order valence-electron chi connectivity index (χ0n) is 8.77. The Morgan fingerprint density at radius 2 is 2.08 bits per heavy atom. The lowest BCUT2D eigenvalue weighted by Gasteiger charge is -2.05. The van der Waals surface area contributed by atoms with Crippen molar-refractivity contribution in [2.75, 3.05) is 0 Å². The number of hydrogen-bond donors (Lipinski definition) is 0. The van der Waals surface area contributed by atoms with E-state index in [0.717, 1.165) is 0 Å². The molecule has 1 unspecified atom stereocenters. The Morgan fingerprint density at radius 3 is 2.50 bits per heavy atom. The molecule has 0 aliphatic heterocycles. The Morgan fingerprint density at radius 1 is 1.42 bits per heavy atom. The predicted molar refractivity (Wildman–Crippen MR) is 57.3 cm³/mol. The van der Waals surface area contributed by atoms with E-state index in [9.17, 15) is 0 Å². The first-order valence-electron chi connectivity index (χ1n) is 5.07. The number of unbranched alkanes of at least 4 members (excludes halogenated alkanes) is 1. The van der Waals surface area contributed by atoms with Crippen molar-refractivity contribution in [3.05, 3.63) is 24.3 Å². The summed E-state index contributed by atoms with van der Waals surface area (Å²) in [6, 6.07) is 0. The molecular weight excluding hydrogens is 144 g/mol. The van der Waals surface area contributed by atoms with Crippen LogP contribution >= 0.6 is 0 Å². The maximum absolute atomic E-state index is 3.83. The Labute approximate surface area is 77.4 Å². The van der Waals surface area contributed by atoms with E-state index in [-0.39, 0.29) is 0 Å². The highest BCUT2D eigenvalue weighted by Crippen LogP contribution is 2.13. The monoisotopic (exact) mass is 166 g/mol. The third-order valence-electron chi connectivity index (χ3n) is 2.22. The molecule has 70 valence electrons. The van der Waals surface area contributed by atoms with Gasteiger partial charge in [0.05, 0.1) is 0 Å². The molecule has 0 aromatic carbocycles. The highest BCUT2D eigenvalue weighted by Gasteiger charge is 1.96. The molecule has 0 saturated heterocycles. The molecule has 12 heavy (non-hydrogen) atoms. The average molecular weight is 166 g/mol. The molecule has 0 bridgehead atoms. The van der Waals surface area contributed by atoms with Gasteiger partial charge < -0.3 is 0 Å². The summed E-state index contributed by atoms with van der Waals surface area (Å²) in [5, 5.41) is 0. The summed E-state index contributed by atoms with van der Waals surface area (Å²) in [4.78, 5) is 0. The van der Waals surface area contributed by atoms with Crippen LogP contribution in [0.25, 0.3) is 0 Å². The zero-order valence-corrected chi connectivity index (χ0v) is 8.77. The van der Waals surface area contributed by atoms with Gasteiger partial charge in [0.15, 0.2) is 0 Å². The fourth-order valence-corrected chi connectivity index (χ4v) is 1.12. The van der Waals surface area contributed by atoms with E-state index in [2.05, 4.69) is 33.4 Å². The number of allylic oxidation sites excluding steroid dienone is 3. The van der Waals surface area contributed by atoms with E-state index in [4.69, 9.17) is 0 Å². The van der Waals surface area contributed by atoms with Crippen LogP contribution in [0.5, 0.6) is 0 Å². The summed E-state index contributed by atoms with van der Waals surface area (Å²) >= 11 is 0. The van der Waals surface area contributed by atoms with Gasteiger partial charge in [0.1, 0.15) is 0 Å². The fraction of sp³-hybridized carbons (Fsp3) is 0.667. The lowest BCUT2D eigenvalue weighted by molar-refractivity contribution is 0.685. The third kappa shape index (κ3) is 5.17. The van der Waals surface area contributed by atoms with Crippen LogP contribution in [-0.4, -0.2) is 0 Å². The van der Waals surface area contributed by atoms with Gasteiger partial charge in [0, 0.05) is 0 Å². The Bertz CT molecular complexity index is 142. The van der Waals surface area contributed by atoms with Crippen LogP contribution in [0.1, 0.15) is 46.5 Å². The molecule has 0 N–H and O–H groups in total. The van der Waals surface area contributed by atoms with Gasteiger partial charge in [-0.3, -0.25) is 0 Å². The molecule has 0 heteroatoms. The van der Waals surface area contributed by atoms with Gasteiger partial charge in [0.2, 0.25) is 0 Å². The number of rotatable bonds is 6. The van der Waals surface area contributed by atoms with Crippen molar-refractivity contribution in [3.8, 4) is 0 Å². The summed E-state index contributed by atoms with van der Waals surface area (Å²) in [6.45, 7) is 10.5. The molecule has 0 fully saturated rings. The Balaban J connectivity index is 3.94. The number of hydrogen-bond acceptors (Lipinski definition) is 0. The first kappa shape index (κ1) is 11.5. The first-order chi connectivity index (χ1) is 5.74. The zero-order chi connectivity index (χ0) is 9.40. The Kier molecular flexibility index (Phi) is 6.84. The topological polar surface area (TPSA) is 0 Å². The van der Waals surface area contributed by atoms with E-state index in [1.165, 1.54) is 31.3 Å². The van der Waals surface area contributed by atoms with E-state index in [1.54, 1.807) is 0 Å². The van der Waals surface area contributed by atoms with Crippen LogP contribution in [0.15, 0.2) is 24.3 Å². The summed E-state index contributed by atoms with van der Waals surface area (Å²) in [5.74, 6) is 0.704. The molecule has 0 nitrogen and oxygen atoms in total. The standard InChI is InChI=1S/C12H22/c1-5-8-9-12(7-3)10-11(4)6-2/h7,10-11H,3,5-6,8-9H2,1-2,4H3/b12-10-. The first-order valence-corrected chi connectivity index (χ1v) is 5.07. The minimum atomic E-state index is 0.704. The second-order valence-corrected chi connectivity index (χ2v) is 3.43. The maximum Gasteiger partial charge on any atom is -0.0259 e. The SMILES string of the molecule is C=C/C(=C/C(C)CC)CCCC. The molecule has 0 heterocycles. The minimum Gasteiger partial charge on any atom is -0.0988 e. The molecule has 1 atom stereocenters. The summed E-state index contributed by atoms with van der Waals surface area (Å²) in [6.07, 6.45) is 9.33. The van der Waals surface area contributed by atoms with E-state index >= 15 is 0 Å². The molecule has 0 radical (unpaired) electrons. The molecular formula is C12H22. The summed E-state index contributed by atoms with van der Waals surface area (Å²) in [7, 11) is 0. The van der Waals surface area contributed by atoms with Crippen molar-refractivity contribution in [3.63, 3.8) is 0 Å². The smallest absolute Gasteiger partial charge is 0.0259 e. The largest absolute Gasteiger partial charge is 0.0988 e. The summed E-state index contributed by atoms with van der Waals surface area (Å²) < 4.78 is 0. The lowest BCUT2D eigenvalue weighted by Crippen LogP contribution is -1.89. The van der Waals surface area contributed by atoms with Gasteiger partial charge in [-0.25, -0.2) is 0 Å². The van der Waals surface area contributed by atoms with Gasteiger partial charge in [-0.2, -0.15) is 0 Å². The molecule has 0 saturated carbocycles. The van der Waals surface area contributed by atoms with Crippen molar-refractivity contribution in [2.24, 2.45) is 5.92 Å². The van der Waals surface area contributed by atoms with Crippen molar-refractivity contribution in [1.29, 1.82) is 0 Å². The van der Waals surface area contributed by atoms with Gasteiger partial charge in [-0.05, 0) is 18.8 Å². The van der Waals surface area contributed by atoms with Crippen LogP contribution in [0.2, 0.25) is 0 Å². The highest BCUT2D eigenvalue weighted by molar-refractivity contribution is 5.16. The Hall–Kier alpha value is -0.520. The average Bonchev–Trinajstić information content (AvgIpc) is 2.11. The molecule has 0 aliphatic carbocycles. The fourth-order valence-electron chi connectivity index (χ4n) is 1.12. The second kappa shape index (κ2) is 7.15. The molecule has 0 spiro atoms. The van der Waals surface area contributed by atoms with Crippen molar-refractivity contribution >= 4 is 0 Å². The van der Waals surface area contributed by atoms with Crippen molar-refractivity contribution in [1.82, 2.24) is 0 Å². The van der Waals surface area contributed by atoms with Crippen LogP contribution in [-0.2, 0) is 0 Å². The van der Waals surface area contributed by atoms with Crippen LogP contribution < -0.4 is 0 Å². The van der Waals surface area contributed by atoms with Crippen LogP contribution in [0.4, 0.5) is 0 Å². The van der Waals surface area contributed by atoms with Crippen molar-refractivity contribution < 1.29 is 0 Å². The molecule has 0 rings (SSSR count).